The average molecular weight is 363 g/mol. The minimum absolute atomic E-state index is 0.0502. The molecule has 2 amide bonds. The molecule has 1 atom stereocenters. The Morgan fingerprint density at radius 1 is 1.04 bits per heavy atom. The molecule has 1 fully saturated rings. The number of carboxylic acid groups (broad SMARTS) is 1. The first-order valence-electron chi connectivity index (χ1n) is 8.91. The molecule has 1 aliphatic rings. The second-order valence-corrected chi connectivity index (χ2v) is 6.64. The van der Waals surface area contributed by atoms with Crippen LogP contribution in [0.2, 0.25) is 0 Å². The topological polar surface area (TPSA) is 74.7 Å². The summed E-state index contributed by atoms with van der Waals surface area (Å²) in [5.74, 6) is -2.26. The van der Waals surface area contributed by atoms with E-state index in [2.05, 4.69) is 0 Å². The molecule has 5 nitrogen and oxygen atoms in total. The van der Waals surface area contributed by atoms with Gasteiger partial charge in [-0.2, -0.15) is 0 Å². The van der Waals surface area contributed by atoms with Gasteiger partial charge in [0.25, 0.3) is 5.91 Å². The van der Waals surface area contributed by atoms with Crippen molar-refractivity contribution in [3.8, 4) is 0 Å². The van der Waals surface area contributed by atoms with Crippen LogP contribution in [0.3, 0.4) is 0 Å². The number of carbonyl (C=O) groups is 3. The molecule has 1 N–H and O–H groups in total. The summed E-state index contributed by atoms with van der Waals surface area (Å²) >= 11 is 0. The molecule has 0 aromatic heterocycles. The fourth-order valence-corrected chi connectivity index (χ4v) is 3.37. The molecule has 0 radical (unpaired) electrons. The van der Waals surface area contributed by atoms with E-state index in [1.54, 1.807) is 42.5 Å². The number of carbonyl (C=O) groups excluding carboxylic acids is 2. The molecule has 1 aliphatic heterocycles. The SMILES string of the molecule is O=C(c1ccccc1)N1CCCC(CC=Cc2ccccc2)(C(=O)O)C1=O. The van der Waals surface area contributed by atoms with E-state index in [4.69, 9.17) is 0 Å². The van der Waals surface area contributed by atoms with Crippen LogP contribution in [0.25, 0.3) is 6.08 Å². The molecule has 27 heavy (non-hydrogen) atoms. The van der Waals surface area contributed by atoms with E-state index in [1.165, 1.54) is 0 Å². The van der Waals surface area contributed by atoms with E-state index in [1.807, 2.05) is 30.3 Å². The lowest BCUT2D eigenvalue weighted by Gasteiger charge is -2.37. The Labute approximate surface area is 157 Å². The second-order valence-electron chi connectivity index (χ2n) is 6.64. The summed E-state index contributed by atoms with van der Waals surface area (Å²) in [6.45, 7) is 0.240. The summed E-state index contributed by atoms with van der Waals surface area (Å²) < 4.78 is 0. The van der Waals surface area contributed by atoms with Gasteiger partial charge in [0.2, 0.25) is 5.91 Å². The Morgan fingerprint density at radius 2 is 1.67 bits per heavy atom. The molecular formula is C22H21NO4. The van der Waals surface area contributed by atoms with E-state index in [9.17, 15) is 19.5 Å². The Morgan fingerprint density at radius 3 is 2.30 bits per heavy atom. The monoisotopic (exact) mass is 363 g/mol. The molecule has 0 saturated carbocycles. The van der Waals surface area contributed by atoms with Crippen molar-refractivity contribution in [2.24, 2.45) is 5.41 Å². The van der Waals surface area contributed by atoms with Gasteiger partial charge in [0.1, 0.15) is 0 Å². The van der Waals surface area contributed by atoms with Gasteiger partial charge in [-0.3, -0.25) is 19.3 Å². The zero-order valence-electron chi connectivity index (χ0n) is 14.9. The van der Waals surface area contributed by atoms with Crippen LogP contribution in [0.4, 0.5) is 0 Å². The summed E-state index contributed by atoms with van der Waals surface area (Å²) in [4.78, 5) is 38.9. The van der Waals surface area contributed by atoms with Crippen LogP contribution in [-0.4, -0.2) is 34.3 Å². The average Bonchev–Trinajstić information content (AvgIpc) is 2.70. The van der Waals surface area contributed by atoms with E-state index in [0.717, 1.165) is 10.5 Å². The zero-order valence-corrected chi connectivity index (χ0v) is 14.9. The maximum absolute atomic E-state index is 13.0. The van der Waals surface area contributed by atoms with Crippen LogP contribution in [-0.2, 0) is 9.59 Å². The lowest BCUT2D eigenvalue weighted by molar-refractivity contribution is -0.162. The van der Waals surface area contributed by atoms with E-state index in [-0.39, 0.29) is 19.4 Å². The molecule has 3 rings (SSSR count). The number of likely N-dealkylation sites (tertiary alicyclic amines) is 1. The number of carboxylic acids is 1. The fraction of sp³-hybridized carbons (Fsp3) is 0.227. The van der Waals surface area contributed by atoms with Crippen molar-refractivity contribution in [2.75, 3.05) is 6.54 Å². The Balaban J connectivity index is 1.84. The normalized spacial score (nSPS) is 20.0. The third kappa shape index (κ3) is 3.82. The number of nitrogens with zero attached hydrogens (tertiary/aromatic N) is 1. The van der Waals surface area contributed by atoms with Crippen molar-refractivity contribution in [2.45, 2.75) is 19.3 Å². The Kier molecular flexibility index (Phi) is 5.50. The van der Waals surface area contributed by atoms with Crippen molar-refractivity contribution in [1.82, 2.24) is 4.90 Å². The highest BCUT2D eigenvalue weighted by Gasteiger charge is 2.51. The highest BCUT2D eigenvalue weighted by Crippen LogP contribution is 2.36. The number of hydrogen-bond acceptors (Lipinski definition) is 3. The summed E-state index contributed by atoms with van der Waals surface area (Å²) in [5.41, 5.74) is -0.293. The van der Waals surface area contributed by atoms with Crippen LogP contribution >= 0.6 is 0 Å². The summed E-state index contributed by atoms with van der Waals surface area (Å²) in [6.07, 6.45) is 4.25. The molecule has 1 heterocycles. The van der Waals surface area contributed by atoms with Gasteiger partial charge in [0.05, 0.1) is 0 Å². The minimum atomic E-state index is -1.60. The van der Waals surface area contributed by atoms with Gasteiger partial charge in [0, 0.05) is 12.1 Å². The maximum Gasteiger partial charge on any atom is 0.319 e. The molecule has 1 saturated heterocycles. The zero-order chi connectivity index (χ0) is 19.3. The summed E-state index contributed by atoms with van der Waals surface area (Å²) in [7, 11) is 0. The molecule has 1 unspecified atom stereocenters. The fourth-order valence-electron chi connectivity index (χ4n) is 3.37. The first kappa shape index (κ1) is 18.6. The third-order valence-electron chi connectivity index (χ3n) is 4.89. The van der Waals surface area contributed by atoms with Crippen LogP contribution in [0.1, 0.15) is 35.2 Å². The largest absolute Gasteiger partial charge is 0.480 e. The maximum atomic E-state index is 13.0. The smallest absolute Gasteiger partial charge is 0.319 e. The lowest BCUT2D eigenvalue weighted by atomic mass is 9.76. The van der Waals surface area contributed by atoms with Gasteiger partial charge in [-0.15, -0.1) is 0 Å². The van der Waals surface area contributed by atoms with E-state index >= 15 is 0 Å². The molecule has 5 heteroatoms. The van der Waals surface area contributed by atoms with Gasteiger partial charge in [-0.25, -0.2) is 0 Å². The van der Waals surface area contributed by atoms with Crippen molar-refractivity contribution in [3.63, 3.8) is 0 Å². The van der Waals surface area contributed by atoms with Gasteiger partial charge < -0.3 is 5.11 Å². The molecule has 138 valence electrons. The predicted molar refractivity (Wildman–Crippen MR) is 102 cm³/mol. The third-order valence-corrected chi connectivity index (χ3v) is 4.89. The molecule has 0 bridgehead atoms. The number of benzene rings is 2. The van der Waals surface area contributed by atoms with Crippen molar-refractivity contribution in [3.05, 3.63) is 77.9 Å². The Hall–Kier alpha value is -3.21. The van der Waals surface area contributed by atoms with Crippen molar-refractivity contribution in [1.29, 1.82) is 0 Å². The molecule has 2 aromatic rings. The van der Waals surface area contributed by atoms with Crippen LogP contribution in [0.15, 0.2) is 66.7 Å². The van der Waals surface area contributed by atoms with Crippen LogP contribution in [0.5, 0.6) is 0 Å². The highest BCUT2D eigenvalue weighted by atomic mass is 16.4. The number of aliphatic carboxylic acids is 1. The standard InChI is InChI=1S/C22H21NO4/c24-19(18-12-5-2-6-13-18)23-16-8-15-22(20(23)25,21(26)27)14-7-11-17-9-3-1-4-10-17/h1-7,9-13H,8,14-16H2,(H,26,27). The first-order chi connectivity index (χ1) is 13.0. The number of imide groups is 1. The van der Waals surface area contributed by atoms with Gasteiger partial charge >= 0.3 is 5.97 Å². The van der Waals surface area contributed by atoms with Crippen molar-refractivity contribution >= 4 is 23.9 Å². The van der Waals surface area contributed by atoms with Crippen molar-refractivity contribution < 1.29 is 19.5 Å². The predicted octanol–water partition coefficient (Wildman–Crippen LogP) is 3.62. The molecular weight excluding hydrogens is 342 g/mol. The number of allylic oxidation sites excluding steroid dienone is 1. The second kappa shape index (κ2) is 7.99. The number of rotatable bonds is 5. The molecule has 2 aromatic carbocycles. The van der Waals surface area contributed by atoms with Gasteiger partial charge in [-0.1, -0.05) is 60.7 Å². The van der Waals surface area contributed by atoms with E-state index < -0.39 is 23.2 Å². The van der Waals surface area contributed by atoms with Gasteiger partial charge in [-0.05, 0) is 37.0 Å². The number of piperidine rings is 1. The number of hydrogen-bond donors (Lipinski definition) is 1. The van der Waals surface area contributed by atoms with Crippen LogP contribution < -0.4 is 0 Å². The van der Waals surface area contributed by atoms with E-state index in [0.29, 0.717) is 12.0 Å². The Bertz CT molecular complexity index is 860. The highest BCUT2D eigenvalue weighted by molar-refractivity contribution is 6.12. The quantitative estimate of drug-likeness (QED) is 0.650. The first-order valence-corrected chi connectivity index (χ1v) is 8.91. The lowest BCUT2D eigenvalue weighted by Crippen LogP contribution is -2.54. The minimum Gasteiger partial charge on any atom is -0.480 e. The molecule has 0 spiro atoms. The van der Waals surface area contributed by atoms with Crippen LogP contribution in [0, 0.1) is 5.41 Å². The summed E-state index contributed by atoms with van der Waals surface area (Å²) in [6, 6.07) is 17.9. The van der Waals surface area contributed by atoms with Gasteiger partial charge in [0.15, 0.2) is 5.41 Å². The summed E-state index contributed by atoms with van der Waals surface area (Å²) in [5, 5.41) is 9.83. The molecule has 0 aliphatic carbocycles. The number of amides is 2.